The molecule has 0 fully saturated rings. The number of nitrogens with one attached hydrogen (secondary N) is 2. The summed E-state index contributed by atoms with van der Waals surface area (Å²) in [4.78, 5) is 18.1. The van der Waals surface area contributed by atoms with E-state index < -0.39 is 8.07 Å². The third-order valence-electron chi connectivity index (χ3n) is 9.04. The van der Waals surface area contributed by atoms with E-state index in [0.717, 1.165) is 67.1 Å². The van der Waals surface area contributed by atoms with Crippen LogP contribution in [0.1, 0.15) is 0 Å². The second-order valence-electron chi connectivity index (χ2n) is 12.9. The second kappa shape index (κ2) is 9.12. The summed E-state index contributed by atoms with van der Waals surface area (Å²) in [5.74, 6) is 0. The fraction of sp³-hybridized carbons (Fsp3) is 0.0769. The molecule has 0 unspecified atom stereocenters. The van der Waals surface area contributed by atoms with Crippen LogP contribution in [0, 0.1) is 0 Å². The molecule has 2 aliphatic heterocycles. The van der Waals surface area contributed by atoms with E-state index in [1.807, 2.05) is 0 Å². The highest BCUT2D eigenvalue weighted by molar-refractivity contribution is 6.90. The van der Waals surface area contributed by atoms with Crippen molar-refractivity contribution in [2.45, 2.75) is 19.6 Å². The molecule has 2 N–H and O–H groups in total. The van der Waals surface area contributed by atoms with Crippen molar-refractivity contribution in [3.05, 3.63) is 115 Å². The number of aromatic amines is 2. The fourth-order valence-corrected chi connectivity index (χ4v) is 8.61. The van der Waals surface area contributed by atoms with Gasteiger partial charge >= 0.3 is 0 Å². The van der Waals surface area contributed by atoms with Gasteiger partial charge in [0.1, 0.15) is 0 Å². The van der Waals surface area contributed by atoms with E-state index in [4.69, 9.17) is 9.97 Å². The van der Waals surface area contributed by atoms with E-state index in [1.54, 1.807) is 0 Å². The van der Waals surface area contributed by atoms with Gasteiger partial charge in [-0.1, -0.05) is 116 Å². The summed E-state index contributed by atoms with van der Waals surface area (Å²) in [6.45, 7) is 7.26. The van der Waals surface area contributed by atoms with E-state index in [0.29, 0.717) is 0 Å². The summed E-state index contributed by atoms with van der Waals surface area (Å²) in [7, 11) is -1.68. The van der Waals surface area contributed by atoms with Crippen LogP contribution < -0.4 is 5.19 Å². The number of rotatable bonds is 1. The molecule has 2 aliphatic rings. The van der Waals surface area contributed by atoms with Gasteiger partial charge in [-0.15, -0.1) is 0 Å². The molecule has 0 atom stereocenters. The average molecular weight is 583 g/mol. The van der Waals surface area contributed by atoms with E-state index in [9.17, 15) is 0 Å². The first-order chi connectivity index (χ1) is 21.4. The highest BCUT2D eigenvalue weighted by Gasteiger charge is 2.23. The molecule has 210 valence electrons. The fourth-order valence-electron chi connectivity index (χ4n) is 7.00. The Labute approximate surface area is 256 Å². The molecule has 0 spiro atoms. The van der Waals surface area contributed by atoms with E-state index >= 15 is 0 Å². The molecule has 0 amide bonds. The lowest BCUT2D eigenvalue weighted by Gasteiger charge is -2.18. The Morgan fingerprint density at radius 1 is 0.432 bits per heavy atom. The zero-order valence-electron chi connectivity index (χ0n) is 24.9. The molecule has 9 rings (SSSR count). The number of nitrogens with zero attached hydrogens (tertiary/aromatic N) is 2. The van der Waals surface area contributed by atoms with Crippen molar-refractivity contribution >= 4 is 56.9 Å². The summed E-state index contributed by atoms with van der Waals surface area (Å²) in [6.07, 6.45) is 0. The summed E-state index contributed by atoms with van der Waals surface area (Å²) >= 11 is 0. The first-order valence-corrected chi connectivity index (χ1v) is 18.7. The predicted octanol–water partition coefficient (Wildman–Crippen LogP) is 9.83. The van der Waals surface area contributed by atoms with Crippen molar-refractivity contribution in [2.24, 2.45) is 0 Å². The predicted molar refractivity (Wildman–Crippen MR) is 188 cm³/mol. The van der Waals surface area contributed by atoms with E-state index in [2.05, 4.69) is 145 Å². The first kappa shape index (κ1) is 25.3. The molecule has 0 radical (unpaired) electrons. The number of hydrogen-bond acceptors (Lipinski definition) is 2. The molecule has 4 nitrogen and oxygen atoms in total. The Morgan fingerprint density at radius 2 is 0.818 bits per heavy atom. The van der Waals surface area contributed by atoms with Crippen LogP contribution in [0.3, 0.4) is 0 Å². The second-order valence-corrected chi connectivity index (χ2v) is 17.9. The maximum atomic E-state index is 5.28. The quantitative estimate of drug-likeness (QED) is 0.189. The third-order valence-corrected chi connectivity index (χ3v) is 11.1. The summed E-state index contributed by atoms with van der Waals surface area (Å²) in [5.41, 5.74) is 12.7. The highest BCUT2D eigenvalue weighted by Crippen LogP contribution is 2.40. The van der Waals surface area contributed by atoms with Crippen molar-refractivity contribution in [3.8, 4) is 45.0 Å². The van der Waals surface area contributed by atoms with Crippen LogP contribution in [0.4, 0.5) is 0 Å². The largest absolute Gasteiger partial charge is 0.354 e. The molecular formula is C39H30N4Si. The molecule has 8 bridgehead atoms. The minimum atomic E-state index is -1.68. The molecule has 0 saturated carbocycles. The van der Waals surface area contributed by atoms with Gasteiger partial charge in [-0.2, -0.15) is 0 Å². The molecule has 4 aromatic carbocycles. The van der Waals surface area contributed by atoms with Crippen LogP contribution in [0.15, 0.2) is 115 Å². The maximum absolute atomic E-state index is 5.28. The standard InChI is InChI=1S/C39H30N4Si/c1-44(2,3)38-18-10-17-29-36-21-34-26-14-7-6-13-25(26)32(41-34)19-30-23-11-4-5-12-24(23)31(40-30)20-33-27-15-8-9-16-28(27)35(42-33)22-37(43-36)39(29)38/h4-22,40,43H,1-3H3. The van der Waals surface area contributed by atoms with Crippen molar-refractivity contribution in [1.82, 2.24) is 19.9 Å². The minimum absolute atomic E-state index is 0.960. The van der Waals surface area contributed by atoms with Gasteiger partial charge in [0, 0.05) is 65.9 Å². The lowest BCUT2D eigenvalue weighted by Crippen LogP contribution is -2.37. The number of H-pyrrole nitrogens is 2. The van der Waals surface area contributed by atoms with Crippen LogP contribution in [0.5, 0.6) is 0 Å². The van der Waals surface area contributed by atoms with Crippen molar-refractivity contribution < 1.29 is 0 Å². The topological polar surface area (TPSA) is 57.4 Å². The van der Waals surface area contributed by atoms with E-state index in [1.165, 1.54) is 26.7 Å². The number of fused-ring (bicyclic) bond motifs is 20. The summed E-state index contributed by atoms with van der Waals surface area (Å²) in [6, 6.07) is 41.3. The normalized spacial score (nSPS) is 12.4. The molecule has 44 heavy (non-hydrogen) atoms. The zero-order valence-corrected chi connectivity index (χ0v) is 25.9. The SMILES string of the molecule is C[Si](C)(C)c1cccc2c3cc4nc(cc5[nH]c(cc6nc(cc([nH]3)c12)-c1ccccc1-6)c1ccccc51)-c1ccccc1-4. The summed E-state index contributed by atoms with van der Waals surface area (Å²) < 4.78 is 0. The van der Waals surface area contributed by atoms with Gasteiger partial charge in [0.15, 0.2) is 0 Å². The third kappa shape index (κ3) is 3.76. The first-order valence-electron chi connectivity index (χ1n) is 15.2. The highest BCUT2D eigenvalue weighted by atomic mass is 28.3. The van der Waals surface area contributed by atoms with Gasteiger partial charge < -0.3 is 9.97 Å². The van der Waals surface area contributed by atoms with Crippen LogP contribution in [-0.4, -0.2) is 28.0 Å². The van der Waals surface area contributed by atoms with Crippen LogP contribution >= 0.6 is 0 Å². The Kier molecular flexibility index (Phi) is 5.23. The van der Waals surface area contributed by atoms with Crippen LogP contribution in [0.25, 0.3) is 88.6 Å². The molecule has 0 saturated heterocycles. The molecule has 0 aliphatic carbocycles. The Balaban J connectivity index is 1.52. The van der Waals surface area contributed by atoms with Gasteiger partial charge in [0.05, 0.1) is 30.8 Å². The van der Waals surface area contributed by atoms with Gasteiger partial charge in [0.25, 0.3) is 0 Å². The van der Waals surface area contributed by atoms with Gasteiger partial charge in [0.2, 0.25) is 0 Å². The van der Waals surface area contributed by atoms with Crippen molar-refractivity contribution in [3.63, 3.8) is 0 Å². The van der Waals surface area contributed by atoms with Gasteiger partial charge in [-0.25, -0.2) is 9.97 Å². The molecule has 3 aromatic heterocycles. The number of aromatic nitrogens is 4. The minimum Gasteiger partial charge on any atom is -0.354 e. The Morgan fingerprint density at radius 3 is 1.30 bits per heavy atom. The van der Waals surface area contributed by atoms with Gasteiger partial charge in [-0.3, -0.25) is 0 Å². The summed E-state index contributed by atoms with van der Waals surface area (Å²) in [5, 5.41) is 6.30. The number of benzene rings is 4. The molecule has 7 aromatic rings. The zero-order chi connectivity index (χ0) is 29.6. The van der Waals surface area contributed by atoms with E-state index in [-0.39, 0.29) is 0 Å². The van der Waals surface area contributed by atoms with Crippen molar-refractivity contribution in [1.29, 1.82) is 0 Å². The lowest BCUT2D eigenvalue weighted by atomic mass is 10.0. The van der Waals surface area contributed by atoms with Gasteiger partial charge in [-0.05, 0) is 24.3 Å². The monoisotopic (exact) mass is 582 g/mol. The van der Waals surface area contributed by atoms with Crippen LogP contribution in [-0.2, 0) is 0 Å². The lowest BCUT2D eigenvalue weighted by molar-refractivity contribution is 1.40. The Hall–Kier alpha value is -5.26. The molecular weight excluding hydrogens is 553 g/mol. The average Bonchev–Trinajstić information content (AvgIpc) is 3.76. The van der Waals surface area contributed by atoms with Crippen LogP contribution in [0.2, 0.25) is 19.6 Å². The smallest absolute Gasteiger partial charge is 0.0785 e. The molecule has 5 heteroatoms. The molecule has 5 heterocycles. The number of hydrogen-bond donors (Lipinski definition) is 2. The Bertz CT molecular complexity index is 2490. The van der Waals surface area contributed by atoms with Crippen molar-refractivity contribution in [2.75, 3.05) is 0 Å². The maximum Gasteiger partial charge on any atom is 0.0785 e.